The highest BCUT2D eigenvalue weighted by Crippen LogP contribution is 2.39. The summed E-state index contributed by atoms with van der Waals surface area (Å²) in [5, 5.41) is 11.1. The van der Waals surface area contributed by atoms with E-state index in [0.29, 0.717) is 17.5 Å². The minimum absolute atomic E-state index is 0.0363. The van der Waals surface area contributed by atoms with Crippen LogP contribution in [0.3, 0.4) is 0 Å². The summed E-state index contributed by atoms with van der Waals surface area (Å²) in [5.41, 5.74) is -1.09. The second-order valence-corrected chi connectivity index (χ2v) is 5.15. The molecule has 0 spiro atoms. The van der Waals surface area contributed by atoms with Gasteiger partial charge in [0, 0.05) is 6.07 Å². The molecule has 1 aromatic carbocycles. The molecule has 21 heavy (non-hydrogen) atoms. The number of rotatable bonds is 3. The fourth-order valence-corrected chi connectivity index (χ4v) is 2.42. The summed E-state index contributed by atoms with van der Waals surface area (Å²) in [7, 11) is 0. The number of aromatic nitrogens is 1. The van der Waals surface area contributed by atoms with Gasteiger partial charge in [0.2, 0.25) is 0 Å². The first-order chi connectivity index (χ1) is 9.68. The summed E-state index contributed by atoms with van der Waals surface area (Å²) < 4.78 is 43.0. The van der Waals surface area contributed by atoms with E-state index in [1.165, 1.54) is 0 Å². The number of nitro groups is 1. The number of alkyl halides is 3. The van der Waals surface area contributed by atoms with Crippen LogP contribution < -0.4 is 0 Å². The second-order valence-electron chi connectivity index (χ2n) is 4.16. The standard InChI is InChI=1S/C12H9F3N2O3S/c1-6-7(2)20-11(16-6)21-10-4-3-8(12(13,14)15)5-9(10)17(18)19/h3-5H,1-2H3. The molecule has 2 aromatic rings. The maximum atomic E-state index is 12.6. The summed E-state index contributed by atoms with van der Waals surface area (Å²) in [4.78, 5) is 14.1. The topological polar surface area (TPSA) is 69.2 Å². The maximum absolute atomic E-state index is 12.6. The Morgan fingerprint density at radius 3 is 2.48 bits per heavy atom. The Kier molecular flexibility index (Phi) is 3.95. The van der Waals surface area contributed by atoms with E-state index >= 15 is 0 Å². The van der Waals surface area contributed by atoms with Crippen LogP contribution in [-0.2, 0) is 6.18 Å². The molecule has 0 aliphatic carbocycles. The van der Waals surface area contributed by atoms with Gasteiger partial charge in [0.25, 0.3) is 10.9 Å². The minimum Gasteiger partial charge on any atom is -0.436 e. The fraction of sp³-hybridized carbons (Fsp3) is 0.250. The Bertz CT molecular complexity index is 678. The van der Waals surface area contributed by atoms with E-state index in [1.54, 1.807) is 13.8 Å². The highest BCUT2D eigenvalue weighted by Gasteiger charge is 2.33. The van der Waals surface area contributed by atoms with Crippen LogP contribution in [0.5, 0.6) is 0 Å². The van der Waals surface area contributed by atoms with Crippen LogP contribution in [-0.4, -0.2) is 9.91 Å². The van der Waals surface area contributed by atoms with Crippen molar-refractivity contribution in [3.63, 3.8) is 0 Å². The van der Waals surface area contributed by atoms with Gasteiger partial charge in [0.15, 0.2) is 0 Å². The quantitative estimate of drug-likeness (QED) is 0.621. The van der Waals surface area contributed by atoms with E-state index in [-0.39, 0.29) is 10.1 Å². The van der Waals surface area contributed by atoms with Crippen molar-refractivity contribution in [2.24, 2.45) is 0 Å². The minimum atomic E-state index is -4.63. The summed E-state index contributed by atoms with van der Waals surface area (Å²) in [5.74, 6) is 0.548. The number of oxazole rings is 1. The summed E-state index contributed by atoms with van der Waals surface area (Å²) in [6.07, 6.45) is -4.63. The van der Waals surface area contributed by atoms with Crippen LogP contribution in [0.25, 0.3) is 0 Å². The highest BCUT2D eigenvalue weighted by molar-refractivity contribution is 7.99. The van der Waals surface area contributed by atoms with E-state index in [9.17, 15) is 23.3 Å². The number of nitrogens with zero attached hydrogens (tertiary/aromatic N) is 2. The Balaban J connectivity index is 2.41. The number of hydrogen-bond acceptors (Lipinski definition) is 5. The molecule has 2 rings (SSSR count). The van der Waals surface area contributed by atoms with Crippen molar-refractivity contribution in [2.45, 2.75) is 30.1 Å². The molecule has 112 valence electrons. The summed E-state index contributed by atoms with van der Waals surface area (Å²) in [6.45, 7) is 3.37. The molecule has 0 saturated heterocycles. The van der Waals surface area contributed by atoms with E-state index < -0.39 is 22.4 Å². The Morgan fingerprint density at radius 1 is 1.33 bits per heavy atom. The number of hydrogen-bond donors (Lipinski definition) is 0. The predicted octanol–water partition coefficient (Wildman–Crippen LogP) is 4.37. The number of aryl methyl sites for hydroxylation is 2. The van der Waals surface area contributed by atoms with Crippen molar-refractivity contribution in [2.75, 3.05) is 0 Å². The van der Waals surface area contributed by atoms with Gasteiger partial charge >= 0.3 is 6.18 Å². The fourth-order valence-electron chi connectivity index (χ4n) is 1.50. The van der Waals surface area contributed by atoms with Crippen LogP contribution in [0.1, 0.15) is 17.0 Å². The molecule has 0 atom stereocenters. The molecule has 0 amide bonds. The average molecular weight is 318 g/mol. The van der Waals surface area contributed by atoms with E-state index in [0.717, 1.165) is 23.9 Å². The molecule has 0 N–H and O–H groups in total. The molecule has 0 saturated carbocycles. The average Bonchev–Trinajstić information content (AvgIpc) is 2.67. The third-order valence-electron chi connectivity index (χ3n) is 2.69. The van der Waals surface area contributed by atoms with E-state index in [4.69, 9.17) is 4.42 Å². The van der Waals surface area contributed by atoms with Gasteiger partial charge < -0.3 is 4.42 Å². The molecule has 0 aliphatic rings. The normalized spacial score (nSPS) is 11.7. The molecule has 0 radical (unpaired) electrons. The van der Waals surface area contributed by atoms with Crippen molar-refractivity contribution in [1.29, 1.82) is 0 Å². The predicted molar refractivity (Wildman–Crippen MR) is 68.2 cm³/mol. The van der Waals surface area contributed by atoms with Gasteiger partial charge in [-0.05, 0) is 37.7 Å². The first-order valence-corrected chi connectivity index (χ1v) is 6.47. The third kappa shape index (κ3) is 3.35. The lowest BCUT2D eigenvalue weighted by Gasteiger charge is -2.07. The number of nitro benzene ring substituents is 1. The van der Waals surface area contributed by atoms with Gasteiger partial charge in [-0.1, -0.05) is 0 Å². The summed E-state index contributed by atoms with van der Waals surface area (Å²) in [6, 6.07) is 2.34. The zero-order valence-electron chi connectivity index (χ0n) is 10.9. The van der Waals surface area contributed by atoms with Crippen LogP contribution in [0, 0.1) is 24.0 Å². The van der Waals surface area contributed by atoms with Crippen LogP contribution >= 0.6 is 11.8 Å². The van der Waals surface area contributed by atoms with Gasteiger partial charge in [-0.2, -0.15) is 13.2 Å². The van der Waals surface area contributed by atoms with Crippen LogP contribution in [0.4, 0.5) is 18.9 Å². The van der Waals surface area contributed by atoms with Crippen LogP contribution in [0.15, 0.2) is 32.7 Å². The monoisotopic (exact) mass is 318 g/mol. The Hall–Kier alpha value is -2.03. The Morgan fingerprint density at radius 2 is 2.00 bits per heavy atom. The lowest BCUT2D eigenvalue weighted by Crippen LogP contribution is -2.05. The maximum Gasteiger partial charge on any atom is 0.416 e. The molecule has 5 nitrogen and oxygen atoms in total. The molecule has 1 heterocycles. The SMILES string of the molecule is Cc1nc(Sc2ccc(C(F)(F)F)cc2[N+](=O)[O-])oc1C. The molecule has 1 aromatic heterocycles. The van der Waals surface area contributed by atoms with Crippen molar-refractivity contribution >= 4 is 17.4 Å². The zero-order valence-corrected chi connectivity index (χ0v) is 11.7. The van der Waals surface area contributed by atoms with Crippen molar-refractivity contribution in [1.82, 2.24) is 4.98 Å². The number of benzene rings is 1. The van der Waals surface area contributed by atoms with Crippen molar-refractivity contribution in [3.8, 4) is 0 Å². The van der Waals surface area contributed by atoms with E-state index in [1.807, 2.05) is 0 Å². The number of halogens is 3. The summed E-state index contributed by atoms with van der Waals surface area (Å²) >= 11 is 0.810. The van der Waals surface area contributed by atoms with Gasteiger partial charge in [0.1, 0.15) is 5.76 Å². The largest absolute Gasteiger partial charge is 0.436 e. The first kappa shape index (κ1) is 15.4. The molecule has 0 fully saturated rings. The zero-order chi connectivity index (χ0) is 15.8. The van der Waals surface area contributed by atoms with Gasteiger partial charge in [-0.25, -0.2) is 4.98 Å². The van der Waals surface area contributed by atoms with Crippen molar-refractivity contribution < 1.29 is 22.5 Å². The third-order valence-corrected chi connectivity index (χ3v) is 3.60. The van der Waals surface area contributed by atoms with Gasteiger partial charge in [-0.3, -0.25) is 10.1 Å². The van der Waals surface area contributed by atoms with Crippen molar-refractivity contribution in [3.05, 3.63) is 45.3 Å². The van der Waals surface area contributed by atoms with Gasteiger partial charge in [0.05, 0.1) is 21.1 Å². The molecular weight excluding hydrogens is 309 g/mol. The smallest absolute Gasteiger partial charge is 0.416 e. The lowest BCUT2D eigenvalue weighted by atomic mass is 10.2. The molecule has 0 unspecified atom stereocenters. The molecular formula is C12H9F3N2O3S. The second kappa shape index (κ2) is 5.40. The highest BCUT2D eigenvalue weighted by atomic mass is 32.2. The Labute approximate surface area is 121 Å². The van der Waals surface area contributed by atoms with E-state index in [2.05, 4.69) is 4.98 Å². The van der Waals surface area contributed by atoms with Gasteiger partial charge in [-0.15, -0.1) is 0 Å². The molecule has 0 aliphatic heterocycles. The first-order valence-electron chi connectivity index (χ1n) is 5.66. The molecule has 0 bridgehead atoms. The molecule has 9 heteroatoms. The lowest BCUT2D eigenvalue weighted by molar-refractivity contribution is -0.388. The van der Waals surface area contributed by atoms with Crippen LogP contribution in [0.2, 0.25) is 0 Å².